The summed E-state index contributed by atoms with van der Waals surface area (Å²) in [7, 11) is 0. The number of rotatable bonds is 4. The van der Waals surface area contributed by atoms with Gasteiger partial charge in [-0.05, 0) is 44.2 Å². The van der Waals surface area contributed by atoms with Crippen molar-refractivity contribution in [3.63, 3.8) is 0 Å². The van der Waals surface area contributed by atoms with E-state index in [0.717, 1.165) is 31.5 Å². The largest absolute Gasteiger partial charge is 0.329 e. The summed E-state index contributed by atoms with van der Waals surface area (Å²) < 4.78 is 0. The number of nitrogens with zero attached hydrogens (tertiary/aromatic N) is 1. The standard InChI is InChI=1S/C12H24N2/c1-3-14(4-2)12(9-13)8-10-5-6-11(12)7-10/h10-11H,3-9,13H2,1-2H3. The molecule has 3 atom stereocenters. The molecule has 0 saturated heterocycles. The van der Waals surface area contributed by atoms with Crippen LogP contribution in [0.3, 0.4) is 0 Å². The Labute approximate surface area is 87.8 Å². The molecule has 0 amide bonds. The molecule has 0 heterocycles. The summed E-state index contributed by atoms with van der Waals surface area (Å²) in [6.07, 6.45) is 5.72. The van der Waals surface area contributed by atoms with Crippen LogP contribution >= 0.6 is 0 Å². The highest BCUT2D eigenvalue weighted by molar-refractivity contribution is 5.07. The summed E-state index contributed by atoms with van der Waals surface area (Å²) in [6.45, 7) is 7.74. The summed E-state index contributed by atoms with van der Waals surface area (Å²) in [5.74, 6) is 1.89. The zero-order chi connectivity index (χ0) is 10.2. The first-order valence-corrected chi connectivity index (χ1v) is 6.22. The van der Waals surface area contributed by atoms with Crippen molar-refractivity contribution in [3.8, 4) is 0 Å². The molecule has 3 unspecified atom stereocenters. The molecule has 14 heavy (non-hydrogen) atoms. The minimum absolute atomic E-state index is 0.381. The summed E-state index contributed by atoms with van der Waals surface area (Å²) in [4.78, 5) is 2.62. The van der Waals surface area contributed by atoms with Gasteiger partial charge < -0.3 is 5.73 Å². The molecule has 2 N–H and O–H groups in total. The van der Waals surface area contributed by atoms with Crippen molar-refractivity contribution < 1.29 is 0 Å². The van der Waals surface area contributed by atoms with Crippen molar-refractivity contribution in [2.45, 2.75) is 45.1 Å². The van der Waals surface area contributed by atoms with Gasteiger partial charge in [0.1, 0.15) is 0 Å². The van der Waals surface area contributed by atoms with Crippen molar-refractivity contribution in [2.24, 2.45) is 17.6 Å². The zero-order valence-corrected chi connectivity index (χ0v) is 9.63. The van der Waals surface area contributed by atoms with Crippen LogP contribution in [0.5, 0.6) is 0 Å². The molecule has 0 radical (unpaired) electrons. The number of fused-ring (bicyclic) bond motifs is 2. The molecule has 2 heteroatoms. The minimum Gasteiger partial charge on any atom is -0.329 e. The highest BCUT2D eigenvalue weighted by Gasteiger charge is 2.52. The lowest BCUT2D eigenvalue weighted by Gasteiger charge is -2.46. The Balaban J connectivity index is 2.17. The van der Waals surface area contributed by atoms with Crippen molar-refractivity contribution in [3.05, 3.63) is 0 Å². The van der Waals surface area contributed by atoms with Crippen LogP contribution < -0.4 is 5.73 Å². The second-order valence-electron chi connectivity index (χ2n) is 5.06. The third kappa shape index (κ3) is 1.31. The van der Waals surface area contributed by atoms with Crippen LogP contribution in [0.4, 0.5) is 0 Å². The van der Waals surface area contributed by atoms with Gasteiger partial charge in [0.25, 0.3) is 0 Å². The van der Waals surface area contributed by atoms with Crippen LogP contribution in [0.2, 0.25) is 0 Å². The molecule has 0 aromatic heterocycles. The fourth-order valence-electron chi connectivity index (χ4n) is 4.03. The highest BCUT2D eigenvalue weighted by Crippen LogP contribution is 2.52. The molecule has 2 nitrogen and oxygen atoms in total. The molecule has 0 aliphatic heterocycles. The topological polar surface area (TPSA) is 29.3 Å². The third-order valence-corrected chi connectivity index (χ3v) is 4.69. The average molecular weight is 196 g/mol. The molecule has 2 aliphatic carbocycles. The van der Waals surface area contributed by atoms with Gasteiger partial charge in [-0.1, -0.05) is 20.3 Å². The quantitative estimate of drug-likeness (QED) is 0.743. The molecule has 82 valence electrons. The second kappa shape index (κ2) is 3.82. The van der Waals surface area contributed by atoms with Gasteiger partial charge >= 0.3 is 0 Å². The molecule has 2 bridgehead atoms. The van der Waals surface area contributed by atoms with Crippen molar-refractivity contribution in [2.75, 3.05) is 19.6 Å². The van der Waals surface area contributed by atoms with Crippen molar-refractivity contribution in [1.29, 1.82) is 0 Å². The fraction of sp³-hybridized carbons (Fsp3) is 1.00. The van der Waals surface area contributed by atoms with Crippen LogP contribution in [0, 0.1) is 11.8 Å². The van der Waals surface area contributed by atoms with Gasteiger partial charge in [0.2, 0.25) is 0 Å². The first-order chi connectivity index (χ1) is 6.76. The Bertz CT molecular complexity index is 200. The average Bonchev–Trinajstić information content (AvgIpc) is 2.79. The Kier molecular flexibility index (Phi) is 2.85. The van der Waals surface area contributed by atoms with Crippen molar-refractivity contribution >= 4 is 0 Å². The Morgan fingerprint density at radius 2 is 2.00 bits per heavy atom. The zero-order valence-electron chi connectivity index (χ0n) is 9.63. The summed E-state index contributed by atoms with van der Waals surface area (Å²) >= 11 is 0. The van der Waals surface area contributed by atoms with Gasteiger partial charge in [-0.15, -0.1) is 0 Å². The number of likely N-dealkylation sites (N-methyl/N-ethyl adjacent to an activating group) is 1. The fourth-order valence-corrected chi connectivity index (χ4v) is 4.03. The number of nitrogens with two attached hydrogens (primary N) is 1. The summed E-state index contributed by atoms with van der Waals surface area (Å²) in [5.41, 5.74) is 6.45. The predicted molar refractivity (Wildman–Crippen MR) is 60.2 cm³/mol. The van der Waals surface area contributed by atoms with E-state index >= 15 is 0 Å². The van der Waals surface area contributed by atoms with E-state index in [-0.39, 0.29) is 0 Å². The maximum absolute atomic E-state index is 6.07. The molecular formula is C12H24N2. The Morgan fingerprint density at radius 3 is 2.36 bits per heavy atom. The van der Waals surface area contributed by atoms with E-state index in [1.165, 1.54) is 25.7 Å². The maximum Gasteiger partial charge on any atom is 0.0362 e. The molecule has 0 spiro atoms. The smallest absolute Gasteiger partial charge is 0.0362 e. The van der Waals surface area contributed by atoms with E-state index in [1.54, 1.807) is 0 Å². The van der Waals surface area contributed by atoms with E-state index in [9.17, 15) is 0 Å². The van der Waals surface area contributed by atoms with Crippen LogP contribution in [-0.2, 0) is 0 Å². The van der Waals surface area contributed by atoms with Gasteiger partial charge in [0, 0.05) is 12.1 Å². The second-order valence-corrected chi connectivity index (χ2v) is 5.06. The predicted octanol–water partition coefficient (Wildman–Crippen LogP) is 1.85. The first-order valence-electron chi connectivity index (χ1n) is 6.22. The molecular weight excluding hydrogens is 172 g/mol. The lowest BCUT2D eigenvalue weighted by molar-refractivity contribution is 0.0510. The highest BCUT2D eigenvalue weighted by atomic mass is 15.2. The van der Waals surface area contributed by atoms with Gasteiger partial charge in [-0.2, -0.15) is 0 Å². The van der Waals surface area contributed by atoms with E-state index < -0.39 is 0 Å². The van der Waals surface area contributed by atoms with Gasteiger partial charge in [-0.3, -0.25) is 4.90 Å². The van der Waals surface area contributed by atoms with Gasteiger partial charge in [-0.25, -0.2) is 0 Å². The Hall–Kier alpha value is -0.0800. The van der Waals surface area contributed by atoms with E-state index in [0.29, 0.717) is 5.54 Å². The first kappa shape index (κ1) is 10.4. The maximum atomic E-state index is 6.07. The van der Waals surface area contributed by atoms with Crippen LogP contribution in [0.15, 0.2) is 0 Å². The van der Waals surface area contributed by atoms with Gasteiger partial charge in [0.15, 0.2) is 0 Å². The van der Waals surface area contributed by atoms with Crippen LogP contribution in [-0.4, -0.2) is 30.1 Å². The van der Waals surface area contributed by atoms with Crippen LogP contribution in [0.25, 0.3) is 0 Å². The molecule has 0 aromatic rings. The SMILES string of the molecule is CCN(CC)C1(CN)CC2CCC1C2. The lowest BCUT2D eigenvalue weighted by Crippen LogP contribution is -2.57. The van der Waals surface area contributed by atoms with E-state index in [1.807, 2.05) is 0 Å². The molecule has 2 aliphatic rings. The summed E-state index contributed by atoms with van der Waals surface area (Å²) in [6, 6.07) is 0. The Morgan fingerprint density at radius 1 is 1.29 bits per heavy atom. The van der Waals surface area contributed by atoms with E-state index in [2.05, 4.69) is 18.7 Å². The molecule has 2 saturated carbocycles. The molecule has 2 fully saturated rings. The lowest BCUT2D eigenvalue weighted by atomic mass is 9.79. The third-order valence-electron chi connectivity index (χ3n) is 4.69. The van der Waals surface area contributed by atoms with Gasteiger partial charge in [0.05, 0.1) is 0 Å². The minimum atomic E-state index is 0.381. The van der Waals surface area contributed by atoms with E-state index in [4.69, 9.17) is 5.73 Å². The number of hydrogen-bond donors (Lipinski definition) is 1. The molecule has 0 aromatic carbocycles. The summed E-state index contributed by atoms with van der Waals surface area (Å²) in [5, 5.41) is 0. The van der Waals surface area contributed by atoms with Crippen LogP contribution in [0.1, 0.15) is 39.5 Å². The monoisotopic (exact) mass is 196 g/mol. The molecule has 2 rings (SSSR count). The normalized spacial score (nSPS) is 41.1. The number of hydrogen-bond acceptors (Lipinski definition) is 2. The van der Waals surface area contributed by atoms with Crippen molar-refractivity contribution in [1.82, 2.24) is 4.90 Å².